The second-order valence-electron chi connectivity index (χ2n) is 5.35. The number of carboxylic acid groups (broad SMARTS) is 1. The van der Waals surface area contributed by atoms with E-state index >= 15 is 0 Å². The Hall–Kier alpha value is -3.08. The van der Waals surface area contributed by atoms with Gasteiger partial charge in [0.25, 0.3) is 0 Å². The molecule has 1 fully saturated rings. The van der Waals surface area contributed by atoms with Crippen molar-refractivity contribution >= 4 is 18.1 Å². The molecule has 1 saturated heterocycles. The molecule has 1 heterocycles. The summed E-state index contributed by atoms with van der Waals surface area (Å²) in [5.74, 6) is -0.0477. The van der Waals surface area contributed by atoms with E-state index in [4.69, 9.17) is 5.41 Å². The minimum absolute atomic E-state index is 0.0477. The van der Waals surface area contributed by atoms with Crippen molar-refractivity contribution < 1.29 is 9.90 Å². The van der Waals surface area contributed by atoms with Crippen molar-refractivity contribution in [2.75, 3.05) is 7.05 Å². The molecule has 0 bridgehead atoms. The number of hydrogen-bond acceptors (Lipinski definition) is 2. The number of carbonyl (C=O) groups is 1. The van der Waals surface area contributed by atoms with Gasteiger partial charge in [0.15, 0.2) is 0 Å². The lowest BCUT2D eigenvalue weighted by atomic mass is 10.0. The predicted octanol–water partition coefficient (Wildman–Crippen LogP) is 3.63. The minimum atomic E-state index is -1.15. The van der Waals surface area contributed by atoms with Crippen LogP contribution < -0.4 is 0 Å². The molecule has 1 unspecified atom stereocenters. The normalized spacial score (nSPS) is 19.4. The molecule has 5 nitrogen and oxygen atoms in total. The van der Waals surface area contributed by atoms with E-state index in [9.17, 15) is 9.90 Å². The topological polar surface area (TPSA) is 67.6 Å². The van der Waals surface area contributed by atoms with Crippen LogP contribution in [0, 0.1) is 5.41 Å². The van der Waals surface area contributed by atoms with Crippen LogP contribution in [-0.2, 0) is 0 Å². The van der Waals surface area contributed by atoms with Crippen molar-refractivity contribution in [3.63, 3.8) is 0 Å². The minimum Gasteiger partial charge on any atom is -0.464 e. The fraction of sp³-hybridized carbons (Fsp3) is 0.111. The summed E-state index contributed by atoms with van der Waals surface area (Å²) < 4.78 is 0. The van der Waals surface area contributed by atoms with Crippen molar-refractivity contribution in [1.29, 1.82) is 5.41 Å². The maximum Gasteiger partial charge on any atom is 0.418 e. The molecule has 2 N–H and O–H groups in total. The summed E-state index contributed by atoms with van der Waals surface area (Å²) in [4.78, 5) is 14.3. The highest BCUT2D eigenvalue weighted by Crippen LogP contribution is 2.38. The van der Waals surface area contributed by atoms with Crippen molar-refractivity contribution in [2.24, 2.45) is 0 Å². The number of likely N-dealkylation sites (N-methyl/N-ethyl adjacent to an activating group) is 1. The van der Waals surface area contributed by atoms with Gasteiger partial charge in [-0.2, -0.15) is 0 Å². The number of amides is 1. The zero-order chi connectivity index (χ0) is 16.4. The van der Waals surface area contributed by atoms with Crippen LogP contribution >= 0.6 is 0 Å². The van der Waals surface area contributed by atoms with E-state index in [-0.39, 0.29) is 12.0 Å². The fourth-order valence-corrected chi connectivity index (χ4v) is 2.82. The van der Waals surface area contributed by atoms with E-state index in [1.807, 2.05) is 66.7 Å². The highest BCUT2D eigenvalue weighted by Gasteiger charge is 2.41. The van der Waals surface area contributed by atoms with Gasteiger partial charge < -0.3 is 10.0 Å². The van der Waals surface area contributed by atoms with Crippen LogP contribution in [0.3, 0.4) is 0 Å². The second kappa shape index (κ2) is 5.96. The van der Waals surface area contributed by atoms with Gasteiger partial charge >= 0.3 is 6.09 Å². The molecule has 1 aliphatic heterocycles. The van der Waals surface area contributed by atoms with Gasteiger partial charge in [0, 0.05) is 7.05 Å². The highest BCUT2D eigenvalue weighted by atomic mass is 16.4. The number of hydrogen-bond donors (Lipinski definition) is 2. The maximum absolute atomic E-state index is 11.7. The first-order valence-electron chi connectivity index (χ1n) is 7.25. The SMILES string of the molecule is CN1C(=N)N(C(=O)O)C(=Cc2ccccc2)C1c1ccccc1. The zero-order valence-electron chi connectivity index (χ0n) is 12.7. The number of guanidine groups is 1. The molecular weight excluding hydrogens is 290 g/mol. The number of benzene rings is 2. The summed E-state index contributed by atoms with van der Waals surface area (Å²) in [6.45, 7) is 0. The molecule has 5 heteroatoms. The van der Waals surface area contributed by atoms with Gasteiger partial charge in [-0.05, 0) is 17.2 Å². The molecule has 116 valence electrons. The van der Waals surface area contributed by atoms with E-state index in [0.717, 1.165) is 16.0 Å². The standard InChI is InChI=1S/C18H17N3O2/c1-20-16(14-10-6-3-7-11-14)15(21(17(20)19)18(22)23)12-13-8-4-2-5-9-13/h2-12,16,19H,1H3,(H,22,23). The van der Waals surface area contributed by atoms with Gasteiger partial charge in [0.2, 0.25) is 5.96 Å². The predicted molar refractivity (Wildman–Crippen MR) is 89.0 cm³/mol. The smallest absolute Gasteiger partial charge is 0.418 e. The van der Waals surface area contributed by atoms with Crippen molar-refractivity contribution in [1.82, 2.24) is 9.80 Å². The lowest BCUT2D eigenvalue weighted by Crippen LogP contribution is -2.33. The monoisotopic (exact) mass is 307 g/mol. The van der Waals surface area contributed by atoms with E-state index in [1.165, 1.54) is 0 Å². The fourth-order valence-electron chi connectivity index (χ4n) is 2.82. The molecule has 0 spiro atoms. The van der Waals surface area contributed by atoms with E-state index in [0.29, 0.717) is 5.70 Å². The van der Waals surface area contributed by atoms with Crippen LogP contribution in [0.2, 0.25) is 0 Å². The molecule has 1 amide bonds. The number of rotatable bonds is 2. The number of nitrogens with zero attached hydrogens (tertiary/aromatic N) is 2. The first-order chi connectivity index (χ1) is 11.1. The molecule has 0 aliphatic carbocycles. The van der Waals surface area contributed by atoms with Gasteiger partial charge in [0.05, 0.1) is 11.7 Å². The summed E-state index contributed by atoms with van der Waals surface area (Å²) in [5.41, 5.74) is 2.41. The Balaban J connectivity index is 2.14. The van der Waals surface area contributed by atoms with Crippen LogP contribution in [0.25, 0.3) is 6.08 Å². The molecule has 1 aliphatic rings. The van der Waals surface area contributed by atoms with Crippen LogP contribution in [0.5, 0.6) is 0 Å². The molecular formula is C18H17N3O2. The van der Waals surface area contributed by atoms with Gasteiger partial charge in [-0.1, -0.05) is 60.7 Å². The Bertz CT molecular complexity index is 756. The van der Waals surface area contributed by atoms with E-state index in [1.54, 1.807) is 11.9 Å². The quantitative estimate of drug-likeness (QED) is 0.890. The lowest BCUT2D eigenvalue weighted by molar-refractivity contribution is 0.177. The Morgan fingerprint density at radius 2 is 1.65 bits per heavy atom. The summed E-state index contributed by atoms with van der Waals surface area (Å²) in [6, 6.07) is 18.9. The molecule has 0 aromatic heterocycles. The first kappa shape index (κ1) is 14.8. The maximum atomic E-state index is 11.7. The van der Waals surface area contributed by atoms with E-state index in [2.05, 4.69) is 0 Å². The third-order valence-corrected chi connectivity index (χ3v) is 3.89. The molecule has 2 aromatic rings. The van der Waals surface area contributed by atoms with Gasteiger partial charge in [-0.25, -0.2) is 9.69 Å². The van der Waals surface area contributed by atoms with Gasteiger partial charge in [-0.3, -0.25) is 5.41 Å². The summed E-state index contributed by atoms with van der Waals surface area (Å²) in [7, 11) is 1.74. The van der Waals surface area contributed by atoms with Crippen LogP contribution in [0.1, 0.15) is 17.2 Å². The van der Waals surface area contributed by atoms with Gasteiger partial charge in [0.1, 0.15) is 0 Å². The average molecular weight is 307 g/mol. The first-order valence-corrected chi connectivity index (χ1v) is 7.25. The third-order valence-electron chi connectivity index (χ3n) is 3.89. The summed E-state index contributed by atoms with van der Waals surface area (Å²) in [5, 5.41) is 17.7. The average Bonchev–Trinajstić information content (AvgIpc) is 2.80. The molecule has 0 radical (unpaired) electrons. The molecule has 2 aromatic carbocycles. The van der Waals surface area contributed by atoms with Crippen molar-refractivity contribution in [3.05, 3.63) is 77.5 Å². The molecule has 23 heavy (non-hydrogen) atoms. The Morgan fingerprint density at radius 1 is 1.09 bits per heavy atom. The van der Waals surface area contributed by atoms with Crippen LogP contribution in [0.4, 0.5) is 4.79 Å². The van der Waals surface area contributed by atoms with Crippen molar-refractivity contribution in [3.8, 4) is 0 Å². The molecule has 3 rings (SSSR count). The Labute approximate surface area is 134 Å². The largest absolute Gasteiger partial charge is 0.464 e. The molecule has 0 saturated carbocycles. The Morgan fingerprint density at radius 3 is 2.22 bits per heavy atom. The lowest BCUT2D eigenvalue weighted by Gasteiger charge is -2.20. The Kier molecular flexibility index (Phi) is 3.85. The third kappa shape index (κ3) is 2.68. The van der Waals surface area contributed by atoms with Crippen LogP contribution in [0.15, 0.2) is 66.4 Å². The van der Waals surface area contributed by atoms with Crippen molar-refractivity contribution in [2.45, 2.75) is 6.04 Å². The van der Waals surface area contributed by atoms with Crippen LogP contribution in [-0.4, -0.2) is 34.0 Å². The zero-order valence-corrected chi connectivity index (χ0v) is 12.7. The highest BCUT2D eigenvalue weighted by molar-refractivity contribution is 5.98. The molecule has 1 atom stereocenters. The summed E-state index contributed by atoms with van der Waals surface area (Å²) in [6.07, 6.45) is 0.673. The summed E-state index contributed by atoms with van der Waals surface area (Å²) >= 11 is 0. The second-order valence-corrected chi connectivity index (χ2v) is 5.35. The van der Waals surface area contributed by atoms with E-state index < -0.39 is 6.09 Å². The van der Waals surface area contributed by atoms with Gasteiger partial charge in [-0.15, -0.1) is 0 Å². The number of nitrogens with one attached hydrogen (secondary N) is 1.